The normalized spacial score (nSPS) is 10.6. The summed E-state index contributed by atoms with van der Waals surface area (Å²) in [6.45, 7) is 2.65. The Hall–Kier alpha value is -2.17. The minimum atomic E-state index is -0.398. The van der Waals surface area contributed by atoms with Gasteiger partial charge in [-0.3, -0.25) is 0 Å². The number of nitrogens with one attached hydrogen (secondary N) is 1. The molecule has 2 aromatic rings. The molecule has 102 valence electrons. The number of carbonyl (C=O) groups is 1. The zero-order valence-corrected chi connectivity index (χ0v) is 11.1. The number of amides is 1. The molecule has 0 atom stereocenters. The second-order valence-electron chi connectivity index (χ2n) is 4.36. The van der Waals surface area contributed by atoms with Gasteiger partial charge < -0.3 is 19.7 Å². The van der Waals surface area contributed by atoms with Gasteiger partial charge in [0.15, 0.2) is 0 Å². The maximum atomic E-state index is 11.2. The maximum absolute atomic E-state index is 11.2. The summed E-state index contributed by atoms with van der Waals surface area (Å²) in [5.74, 6) is 0.248. The van der Waals surface area contributed by atoms with Crippen molar-refractivity contribution in [2.75, 3.05) is 13.2 Å². The molecule has 5 heteroatoms. The highest BCUT2D eigenvalue weighted by Gasteiger charge is 2.08. The van der Waals surface area contributed by atoms with E-state index in [0.717, 1.165) is 16.5 Å². The van der Waals surface area contributed by atoms with E-state index in [2.05, 4.69) is 5.32 Å². The Morgan fingerprint density at radius 3 is 3.00 bits per heavy atom. The Morgan fingerprint density at radius 2 is 2.26 bits per heavy atom. The third kappa shape index (κ3) is 2.99. The number of benzene rings is 1. The van der Waals surface area contributed by atoms with Gasteiger partial charge in [0.1, 0.15) is 5.75 Å². The first-order valence-electron chi connectivity index (χ1n) is 6.29. The fraction of sp³-hybridized carbons (Fsp3) is 0.357. The predicted molar refractivity (Wildman–Crippen MR) is 73.3 cm³/mol. The maximum Gasteiger partial charge on any atom is 0.407 e. The Bertz CT molecular complexity index is 590. The number of phenolic OH excluding ortho intramolecular Hbond substituents is 1. The number of ether oxygens (including phenoxy) is 1. The molecule has 1 aromatic carbocycles. The van der Waals surface area contributed by atoms with Gasteiger partial charge in [0.25, 0.3) is 0 Å². The number of alkyl carbamates (subject to hydrolysis) is 1. The van der Waals surface area contributed by atoms with Crippen LogP contribution >= 0.6 is 0 Å². The molecule has 5 nitrogen and oxygen atoms in total. The Labute approximate surface area is 111 Å². The number of fused-ring (bicyclic) bond motifs is 1. The first-order valence-corrected chi connectivity index (χ1v) is 6.29. The molecule has 0 aliphatic carbocycles. The minimum Gasteiger partial charge on any atom is -0.508 e. The van der Waals surface area contributed by atoms with Crippen LogP contribution in [0.4, 0.5) is 4.79 Å². The average Bonchev–Trinajstić information content (AvgIpc) is 2.66. The van der Waals surface area contributed by atoms with Crippen LogP contribution in [0.1, 0.15) is 12.5 Å². The van der Waals surface area contributed by atoms with Crippen LogP contribution in [0.15, 0.2) is 24.4 Å². The molecule has 0 aliphatic rings. The highest BCUT2D eigenvalue weighted by Crippen LogP contribution is 2.24. The third-order valence-electron chi connectivity index (χ3n) is 2.99. The van der Waals surface area contributed by atoms with Crippen LogP contribution in [0, 0.1) is 0 Å². The lowest BCUT2D eigenvalue weighted by Gasteiger charge is -2.04. The SMILES string of the molecule is CCOC(=O)NCCc1cn(C)c2ccc(O)cc12. The molecule has 0 aliphatic heterocycles. The first-order chi connectivity index (χ1) is 9.11. The van der Waals surface area contributed by atoms with Crippen molar-refractivity contribution in [1.29, 1.82) is 0 Å². The van der Waals surface area contributed by atoms with Crippen LogP contribution in [0.2, 0.25) is 0 Å². The number of phenols is 1. The molecular weight excluding hydrogens is 244 g/mol. The van der Waals surface area contributed by atoms with Gasteiger partial charge in [-0.25, -0.2) is 4.79 Å². The molecule has 1 amide bonds. The van der Waals surface area contributed by atoms with Gasteiger partial charge in [-0.15, -0.1) is 0 Å². The molecular formula is C14H18N2O3. The fourth-order valence-corrected chi connectivity index (χ4v) is 2.14. The smallest absolute Gasteiger partial charge is 0.407 e. The van der Waals surface area contributed by atoms with Gasteiger partial charge in [0.2, 0.25) is 0 Å². The summed E-state index contributed by atoms with van der Waals surface area (Å²) in [6, 6.07) is 5.30. The molecule has 0 saturated heterocycles. The highest BCUT2D eigenvalue weighted by molar-refractivity contribution is 5.85. The molecule has 0 bridgehead atoms. The molecule has 0 saturated carbocycles. The van der Waals surface area contributed by atoms with Gasteiger partial charge in [0.05, 0.1) is 6.61 Å². The molecule has 0 unspecified atom stereocenters. The van der Waals surface area contributed by atoms with Gasteiger partial charge in [-0.1, -0.05) is 0 Å². The molecule has 0 radical (unpaired) electrons. The summed E-state index contributed by atoms with van der Waals surface area (Å²) < 4.78 is 6.80. The highest BCUT2D eigenvalue weighted by atomic mass is 16.5. The molecule has 2 rings (SSSR count). The third-order valence-corrected chi connectivity index (χ3v) is 2.99. The number of hydrogen-bond acceptors (Lipinski definition) is 3. The molecule has 19 heavy (non-hydrogen) atoms. The summed E-state index contributed by atoms with van der Waals surface area (Å²) in [5.41, 5.74) is 2.15. The predicted octanol–water partition coefficient (Wildman–Crippen LogP) is 2.17. The number of carbonyl (C=O) groups excluding carboxylic acids is 1. The van der Waals surface area contributed by atoms with E-state index in [1.165, 1.54) is 0 Å². The Morgan fingerprint density at radius 1 is 1.47 bits per heavy atom. The van der Waals surface area contributed by atoms with Crippen molar-refractivity contribution >= 4 is 17.0 Å². The van der Waals surface area contributed by atoms with E-state index in [4.69, 9.17) is 4.74 Å². The van der Waals surface area contributed by atoms with Crippen molar-refractivity contribution in [2.45, 2.75) is 13.3 Å². The van der Waals surface area contributed by atoms with E-state index in [1.807, 2.05) is 23.9 Å². The van der Waals surface area contributed by atoms with Crippen molar-refractivity contribution in [3.63, 3.8) is 0 Å². The van der Waals surface area contributed by atoms with Crippen molar-refractivity contribution in [3.05, 3.63) is 30.0 Å². The number of aryl methyl sites for hydroxylation is 1. The van der Waals surface area contributed by atoms with Crippen molar-refractivity contribution in [3.8, 4) is 5.75 Å². The summed E-state index contributed by atoms with van der Waals surface area (Å²) in [7, 11) is 1.96. The number of rotatable bonds is 4. The topological polar surface area (TPSA) is 63.5 Å². The summed E-state index contributed by atoms with van der Waals surface area (Å²) >= 11 is 0. The molecule has 0 fully saturated rings. The second kappa shape index (κ2) is 5.65. The van der Waals surface area contributed by atoms with Gasteiger partial charge in [-0.2, -0.15) is 0 Å². The number of aromatic hydroxyl groups is 1. The number of hydrogen-bond donors (Lipinski definition) is 2. The van der Waals surface area contributed by atoms with E-state index >= 15 is 0 Å². The number of nitrogens with zero attached hydrogens (tertiary/aromatic N) is 1. The van der Waals surface area contributed by atoms with Gasteiger partial charge in [0, 0.05) is 30.7 Å². The van der Waals surface area contributed by atoms with Crippen molar-refractivity contribution < 1.29 is 14.6 Å². The lowest BCUT2D eigenvalue weighted by Crippen LogP contribution is -2.26. The lowest BCUT2D eigenvalue weighted by atomic mass is 10.1. The Balaban J connectivity index is 2.08. The van der Waals surface area contributed by atoms with E-state index in [0.29, 0.717) is 19.6 Å². The van der Waals surface area contributed by atoms with E-state index in [9.17, 15) is 9.90 Å². The molecule has 2 N–H and O–H groups in total. The number of aromatic nitrogens is 1. The molecule has 1 heterocycles. The molecule has 1 aromatic heterocycles. The van der Waals surface area contributed by atoms with Gasteiger partial charge >= 0.3 is 6.09 Å². The zero-order chi connectivity index (χ0) is 13.8. The van der Waals surface area contributed by atoms with E-state index in [-0.39, 0.29) is 5.75 Å². The van der Waals surface area contributed by atoms with Crippen molar-refractivity contribution in [1.82, 2.24) is 9.88 Å². The van der Waals surface area contributed by atoms with Crippen LogP contribution in [-0.2, 0) is 18.2 Å². The monoisotopic (exact) mass is 262 g/mol. The van der Waals surface area contributed by atoms with Crippen LogP contribution in [0.5, 0.6) is 5.75 Å². The van der Waals surface area contributed by atoms with E-state index < -0.39 is 6.09 Å². The quantitative estimate of drug-likeness (QED) is 0.887. The molecule has 0 spiro atoms. The minimum absolute atomic E-state index is 0.248. The van der Waals surface area contributed by atoms with Crippen molar-refractivity contribution in [2.24, 2.45) is 7.05 Å². The summed E-state index contributed by atoms with van der Waals surface area (Å²) in [5, 5.41) is 13.2. The van der Waals surface area contributed by atoms with Crippen LogP contribution in [0.25, 0.3) is 10.9 Å². The largest absolute Gasteiger partial charge is 0.508 e. The van der Waals surface area contributed by atoms with Crippen LogP contribution in [0.3, 0.4) is 0 Å². The summed E-state index contributed by atoms with van der Waals surface area (Å²) in [4.78, 5) is 11.2. The Kier molecular flexibility index (Phi) is 3.94. The van der Waals surface area contributed by atoms with Gasteiger partial charge in [-0.05, 0) is 37.1 Å². The second-order valence-corrected chi connectivity index (χ2v) is 4.36. The standard InChI is InChI=1S/C14H18N2O3/c1-3-19-14(18)15-7-6-10-9-16(2)13-5-4-11(17)8-12(10)13/h4-5,8-9,17H,3,6-7H2,1-2H3,(H,15,18). The van der Waals surface area contributed by atoms with E-state index in [1.54, 1.807) is 19.1 Å². The van der Waals surface area contributed by atoms with Crippen LogP contribution < -0.4 is 5.32 Å². The summed E-state index contributed by atoms with van der Waals surface area (Å²) in [6.07, 6.45) is 2.31. The van der Waals surface area contributed by atoms with Crippen LogP contribution in [-0.4, -0.2) is 28.9 Å². The first kappa shape index (κ1) is 13.3. The lowest BCUT2D eigenvalue weighted by molar-refractivity contribution is 0.152. The zero-order valence-electron chi connectivity index (χ0n) is 11.1. The average molecular weight is 262 g/mol. The fourth-order valence-electron chi connectivity index (χ4n) is 2.14.